The monoisotopic (exact) mass is 241 g/mol. The highest BCUT2D eigenvalue weighted by Crippen LogP contribution is 2.25. The van der Waals surface area contributed by atoms with E-state index < -0.39 is 5.97 Å². The maximum atomic E-state index is 11.2. The van der Waals surface area contributed by atoms with Crippen LogP contribution in [0.3, 0.4) is 0 Å². The van der Waals surface area contributed by atoms with Crippen molar-refractivity contribution < 1.29 is 9.90 Å². The zero-order chi connectivity index (χ0) is 12.9. The van der Waals surface area contributed by atoms with Gasteiger partial charge in [-0.15, -0.1) is 0 Å². The zero-order valence-electron chi connectivity index (χ0n) is 11.5. The van der Waals surface area contributed by atoms with Crippen LogP contribution in [0, 0.1) is 11.3 Å². The predicted molar refractivity (Wildman–Crippen MR) is 70.1 cm³/mol. The van der Waals surface area contributed by atoms with E-state index in [0.29, 0.717) is 12.6 Å². The number of carboxylic acids is 1. The predicted octanol–water partition coefficient (Wildman–Crippen LogP) is 3.05. The SMILES string of the molecule is CC(C)(C)CC(CNC1CCCCC1)C(=O)O. The summed E-state index contributed by atoms with van der Waals surface area (Å²) in [5.41, 5.74) is 0.0807. The highest BCUT2D eigenvalue weighted by atomic mass is 16.4. The van der Waals surface area contributed by atoms with Gasteiger partial charge in [-0.1, -0.05) is 40.0 Å². The van der Waals surface area contributed by atoms with Gasteiger partial charge in [0, 0.05) is 12.6 Å². The van der Waals surface area contributed by atoms with Crippen LogP contribution >= 0.6 is 0 Å². The third kappa shape index (κ3) is 6.06. The van der Waals surface area contributed by atoms with Crippen LogP contribution in [0.4, 0.5) is 0 Å². The molecule has 0 radical (unpaired) electrons. The molecule has 2 N–H and O–H groups in total. The van der Waals surface area contributed by atoms with E-state index in [9.17, 15) is 9.90 Å². The van der Waals surface area contributed by atoms with E-state index in [2.05, 4.69) is 26.1 Å². The Balaban J connectivity index is 2.36. The lowest BCUT2D eigenvalue weighted by Crippen LogP contribution is -2.38. The van der Waals surface area contributed by atoms with Crippen molar-refractivity contribution in [3.05, 3.63) is 0 Å². The fraction of sp³-hybridized carbons (Fsp3) is 0.929. The molecule has 1 unspecified atom stereocenters. The van der Waals surface area contributed by atoms with Gasteiger partial charge in [-0.2, -0.15) is 0 Å². The van der Waals surface area contributed by atoms with Crippen LogP contribution in [0.5, 0.6) is 0 Å². The van der Waals surface area contributed by atoms with E-state index in [-0.39, 0.29) is 11.3 Å². The smallest absolute Gasteiger partial charge is 0.307 e. The second kappa shape index (κ2) is 6.39. The number of nitrogens with one attached hydrogen (secondary N) is 1. The minimum absolute atomic E-state index is 0.0807. The molecule has 0 bridgehead atoms. The lowest BCUT2D eigenvalue weighted by Gasteiger charge is -2.27. The Kier molecular flexibility index (Phi) is 5.44. The first-order valence-corrected chi connectivity index (χ1v) is 6.85. The Morgan fingerprint density at radius 2 is 1.88 bits per heavy atom. The molecule has 1 rings (SSSR count). The molecule has 0 aromatic rings. The van der Waals surface area contributed by atoms with Gasteiger partial charge in [-0.3, -0.25) is 4.79 Å². The summed E-state index contributed by atoms with van der Waals surface area (Å²) < 4.78 is 0. The van der Waals surface area contributed by atoms with Gasteiger partial charge in [0.15, 0.2) is 0 Å². The molecule has 100 valence electrons. The molecule has 1 saturated carbocycles. The summed E-state index contributed by atoms with van der Waals surface area (Å²) >= 11 is 0. The maximum Gasteiger partial charge on any atom is 0.307 e. The second-order valence-electron chi connectivity index (χ2n) is 6.54. The standard InChI is InChI=1S/C14H27NO2/c1-14(2,3)9-11(13(16)17)10-15-12-7-5-4-6-8-12/h11-12,15H,4-10H2,1-3H3,(H,16,17). The number of carbonyl (C=O) groups is 1. The Bertz CT molecular complexity index is 239. The van der Waals surface area contributed by atoms with Crippen molar-refractivity contribution in [1.29, 1.82) is 0 Å². The van der Waals surface area contributed by atoms with E-state index in [1.807, 2.05) is 0 Å². The second-order valence-corrected chi connectivity index (χ2v) is 6.54. The average molecular weight is 241 g/mol. The van der Waals surface area contributed by atoms with E-state index in [4.69, 9.17) is 0 Å². The minimum Gasteiger partial charge on any atom is -0.481 e. The molecule has 0 aliphatic heterocycles. The number of hydrogen-bond donors (Lipinski definition) is 2. The molecule has 1 fully saturated rings. The molecule has 0 saturated heterocycles. The molecule has 0 aromatic carbocycles. The molecule has 0 aromatic heterocycles. The summed E-state index contributed by atoms with van der Waals surface area (Å²) in [6.45, 7) is 6.92. The topological polar surface area (TPSA) is 49.3 Å². The summed E-state index contributed by atoms with van der Waals surface area (Å²) in [4.78, 5) is 11.2. The Labute approximate surface area is 105 Å². The normalized spacial score (nSPS) is 20.2. The molecule has 17 heavy (non-hydrogen) atoms. The van der Waals surface area contributed by atoms with Gasteiger partial charge >= 0.3 is 5.97 Å². The molecule has 0 amide bonds. The van der Waals surface area contributed by atoms with Gasteiger partial charge in [-0.05, 0) is 24.7 Å². The largest absolute Gasteiger partial charge is 0.481 e. The summed E-state index contributed by atoms with van der Waals surface area (Å²) in [7, 11) is 0. The number of aliphatic carboxylic acids is 1. The maximum absolute atomic E-state index is 11.2. The van der Waals surface area contributed by atoms with Crippen LogP contribution in [0.15, 0.2) is 0 Å². The van der Waals surface area contributed by atoms with Crippen molar-refractivity contribution in [2.75, 3.05) is 6.54 Å². The third-order valence-corrected chi connectivity index (χ3v) is 3.47. The van der Waals surface area contributed by atoms with Crippen LogP contribution in [-0.4, -0.2) is 23.7 Å². The van der Waals surface area contributed by atoms with Crippen molar-refractivity contribution in [3.63, 3.8) is 0 Å². The summed E-state index contributed by atoms with van der Waals surface area (Å²) in [6, 6.07) is 0.547. The van der Waals surface area contributed by atoms with Crippen LogP contribution < -0.4 is 5.32 Å². The van der Waals surface area contributed by atoms with Gasteiger partial charge in [0.2, 0.25) is 0 Å². The zero-order valence-corrected chi connectivity index (χ0v) is 11.5. The van der Waals surface area contributed by atoms with Gasteiger partial charge in [0.1, 0.15) is 0 Å². The Hall–Kier alpha value is -0.570. The third-order valence-electron chi connectivity index (χ3n) is 3.47. The van der Waals surface area contributed by atoms with E-state index in [1.165, 1.54) is 32.1 Å². The van der Waals surface area contributed by atoms with E-state index in [0.717, 1.165) is 6.42 Å². The van der Waals surface area contributed by atoms with Crippen LogP contribution in [0.1, 0.15) is 59.3 Å². The highest BCUT2D eigenvalue weighted by Gasteiger charge is 2.25. The van der Waals surface area contributed by atoms with Crippen molar-refractivity contribution >= 4 is 5.97 Å². The van der Waals surface area contributed by atoms with Crippen molar-refractivity contribution in [1.82, 2.24) is 5.32 Å². The molecule has 1 aliphatic carbocycles. The van der Waals surface area contributed by atoms with Gasteiger partial charge in [0.05, 0.1) is 5.92 Å². The van der Waals surface area contributed by atoms with Crippen molar-refractivity contribution in [2.24, 2.45) is 11.3 Å². The molecule has 1 aliphatic rings. The number of hydrogen-bond acceptors (Lipinski definition) is 2. The molecule has 1 atom stereocenters. The quantitative estimate of drug-likeness (QED) is 0.778. The van der Waals surface area contributed by atoms with Crippen LogP contribution in [-0.2, 0) is 4.79 Å². The Morgan fingerprint density at radius 3 is 2.35 bits per heavy atom. The molecule has 0 heterocycles. The first-order valence-electron chi connectivity index (χ1n) is 6.85. The van der Waals surface area contributed by atoms with Gasteiger partial charge < -0.3 is 10.4 Å². The fourth-order valence-corrected chi connectivity index (χ4v) is 2.60. The molecule has 3 nitrogen and oxygen atoms in total. The van der Waals surface area contributed by atoms with Crippen LogP contribution in [0.2, 0.25) is 0 Å². The summed E-state index contributed by atoms with van der Waals surface area (Å²) in [5.74, 6) is -0.917. The summed E-state index contributed by atoms with van der Waals surface area (Å²) in [5, 5.41) is 12.7. The first kappa shape index (κ1) is 14.5. The van der Waals surface area contributed by atoms with Crippen LogP contribution in [0.25, 0.3) is 0 Å². The summed E-state index contributed by atoms with van der Waals surface area (Å²) in [6.07, 6.45) is 7.07. The van der Waals surface area contributed by atoms with Gasteiger partial charge in [0.25, 0.3) is 0 Å². The number of rotatable bonds is 5. The minimum atomic E-state index is -0.664. The fourth-order valence-electron chi connectivity index (χ4n) is 2.60. The van der Waals surface area contributed by atoms with Crippen molar-refractivity contribution in [2.45, 2.75) is 65.3 Å². The molecule has 3 heteroatoms. The van der Waals surface area contributed by atoms with E-state index >= 15 is 0 Å². The van der Waals surface area contributed by atoms with E-state index in [1.54, 1.807) is 0 Å². The molecule has 0 spiro atoms. The number of carboxylic acid groups (broad SMARTS) is 1. The Morgan fingerprint density at radius 1 is 1.29 bits per heavy atom. The molecular weight excluding hydrogens is 214 g/mol. The highest BCUT2D eigenvalue weighted by molar-refractivity contribution is 5.70. The molecular formula is C14H27NO2. The van der Waals surface area contributed by atoms with Crippen molar-refractivity contribution in [3.8, 4) is 0 Å². The van der Waals surface area contributed by atoms with Gasteiger partial charge in [-0.25, -0.2) is 0 Å². The lowest BCUT2D eigenvalue weighted by atomic mass is 9.84. The lowest BCUT2D eigenvalue weighted by molar-refractivity contribution is -0.142. The first-order chi connectivity index (χ1) is 7.88. The average Bonchev–Trinajstić information content (AvgIpc) is 2.24.